The highest BCUT2D eigenvalue weighted by molar-refractivity contribution is 9.10. The number of halogens is 2. The Balaban J connectivity index is 1.94. The van der Waals surface area contributed by atoms with Crippen molar-refractivity contribution in [3.63, 3.8) is 0 Å². The molecule has 0 bridgehead atoms. The molecule has 7 heteroatoms. The zero-order valence-electron chi connectivity index (χ0n) is 14.5. The summed E-state index contributed by atoms with van der Waals surface area (Å²) in [5.41, 5.74) is 0.953. The molecule has 1 N–H and O–H groups in total. The first-order valence-electron chi connectivity index (χ1n) is 8.12. The van der Waals surface area contributed by atoms with Crippen molar-refractivity contribution in [3.8, 4) is 5.75 Å². The maximum atomic E-state index is 13.9. The number of carbonyl (C=O) groups is 1. The lowest BCUT2D eigenvalue weighted by Gasteiger charge is -2.22. The van der Waals surface area contributed by atoms with Gasteiger partial charge in [0, 0.05) is 29.7 Å². The van der Waals surface area contributed by atoms with Crippen LogP contribution in [0.5, 0.6) is 5.75 Å². The van der Waals surface area contributed by atoms with Crippen LogP contribution in [0.15, 0.2) is 46.9 Å². The van der Waals surface area contributed by atoms with Gasteiger partial charge in [0.25, 0.3) is 0 Å². The quantitative estimate of drug-likeness (QED) is 0.624. The zero-order chi connectivity index (χ0) is 18.9. The summed E-state index contributed by atoms with van der Waals surface area (Å²) < 4.78 is 25.1. The van der Waals surface area contributed by atoms with E-state index in [-0.39, 0.29) is 12.4 Å². The van der Waals surface area contributed by atoms with Crippen molar-refractivity contribution in [1.82, 2.24) is 4.90 Å². The maximum Gasteiger partial charge on any atom is 0.337 e. The molecule has 2 aromatic carbocycles. The molecule has 26 heavy (non-hydrogen) atoms. The summed E-state index contributed by atoms with van der Waals surface area (Å²) in [7, 11) is 1.32. The first kappa shape index (κ1) is 20.4. The van der Waals surface area contributed by atoms with E-state index in [0.717, 1.165) is 4.47 Å². The Bertz CT molecular complexity index is 741. The molecule has 0 fully saturated rings. The molecular formula is C19H21BrFNO4. The summed E-state index contributed by atoms with van der Waals surface area (Å²) in [6, 6.07) is 11.5. The highest BCUT2D eigenvalue weighted by Gasteiger charge is 2.11. The fourth-order valence-electron chi connectivity index (χ4n) is 2.44. The molecule has 0 unspecified atom stereocenters. The third-order valence-corrected chi connectivity index (χ3v) is 4.24. The lowest BCUT2D eigenvalue weighted by atomic mass is 10.2. The van der Waals surface area contributed by atoms with Crippen molar-refractivity contribution >= 4 is 21.9 Å². The average molecular weight is 426 g/mol. The van der Waals surface area contributed by atoms with E-state index >= 15 is 0 Å². The minimum absolute atomic E-state index is 0.0343. The number of hydrogen-bond acceptors (Lipinski definition) is 5. The second kappa shape index (κ2) is 10.3. The summed E-state index contributed by atoms with van der Waals surface area (Å²) >= 11 is 3.34. The van der Waals surface area contributed by atoms with Crippen LogP contribution in [0.2, 0.25) is 0 Å². The van der Waals surface area contributed by atoms with Gasteiger partial charge in [0.05, 0.1) is 19.3 Å². The Kier molecular flexibility index (Phi) is 8.03. The molecule has 140 valence electrons. The normalized spacial score (nSPS) is 10.8. The van der Waals surface area contributed by atoms with E-state index in [4.69, 9.17) is 4.74 Å². The van der Waals surface area contributed by atoms with E-state index in [1.54, 1.807) is 36.4 Å². The third-order valence-electron chi connectivity index (χ3n) is 3.75. The summed E-state index contributed by atoms with van der Waals surface area (Å²) in [4.78, 5) is 13.4. The molecule has 0 aliphatic heterocycles. The Morgan fingerprint density at radius 2 is 2.04 bits per heavy atom. The standard InChI is InChI=1S/C19H21BrFNO4/c1-25-19(24)14-3-2-4-17(12-14)26-10-8-22(7-9-23)13-15-11-16(20)5-6-18(15)21/h2-6,11-12,23H,7-10,13H2,1H3. The minimum atomic E-state index is -0.428. The first-order chi connectivity index (χ1) is 12.5. The van der Waals surface area contributed by atoms with E-state index in [1.165, 1.54) is 13.2 Å². The number of hydrogen-bond donors (Lipinski definition) is 1. The molecule has 0 heterocycles. The number of ether oxygens (including phenoxy) is 2. The maximum absolute atomic E-state index is 13.9. The number of nitrogens with zero attached hydrogens (tertiary/aromatic N) is 1. The Hall–Kier alpha value is -1.96. The minimum Gasteiger partial charge on any atom is -0.492 e. The smallest absolute Gasteiger partial charge is 0.337 e. The highest BCUT2D eigenvalue weighted by atomic mass is 79.9. The van der Waals surface area contributed by atoms with E-state index < -0.39 is 5.97 Å². The van der Waals surface area contributed by atoms with Gasteiger partial charge in [-0.25, -0.2) is 9.18 Å². The lowest BCUT2D eigenvalue weighted by Crippen LogP contribution is -2.31. The summed E-state index contributed by atoms with van der Waals surface area (Å²) in [5.74, 6) is -0.171. The van der Waals surface area contributed by atoms with Crippen LogP contribution < -0.4 is 4.74 Å². The predicted molar refractivity (Wildman–Crippen MR) is 99.7 cm³/mol. The lowest BCUT2D eigenvalue weighted by molar-refractivity contribution is 0.0600. The van der Waals surface area contributed by atoms with Gasteiger partial charge in [-0.1, -0.05) is 22.0 Å². The largest absolute Gasteiger partial charge is 0.492 e. The number of methoxy groups -OCH3 is 1. The van der Waals surface area contributed by atoms with Crippen LogP contribution in [-0.4, -0.2) is 49.4 Å². The SMILES string of the molecule is COC(=O)c1cccc(OCCN(CCO)Cc2cc(Br)ccc2F)c1. The highest BCUT2D eigenvalue weighted by Crippen LogP contribution is 2.18. The fourth-order valence-corrected chi connectivity index (χ4v) is 2.85. The number of aliphatic hydroxyl groups is 1. The van der Waals surface area contributed by atoms with Gasteiger partial charge in [-0.05, 0) is 36.4 Å². The van der Waals surface area contributed by atoms with Crippen molar-refractivity contribution in [2.24, 2.45) is 0 Å². The molecular weight excluding hydrogens is 405 g/mol. The summed E-state index contributed by atoms with van der Waals surface area (Å²) in [6.07, 6.45) is 0. The fraction of sp³-hybridized carbons (Fsp3) is 0.316. The molecule has 0 aromatic heterocycles. The van der Waals surface area contributed by atoms with Gasteiger partial charge in [-0.15, -0.1) is 0 Å². The van der Waals surface area contributed by atoms with Gasteiger partial charge in [0.1, 0.15) is 18.2 Å². The van der Waals surface area contributed by atoms with E-state index in [1.807, 2.05) is 4.90 Å². The van der Waals surface area contributed by atoms with Gasteiger partial charge in [-0.2, -0.15) is 0 Å². The van der Waals surface area contributed by atoms with Crippen LogP contribution in [0.3, 0.4) is 0 Å². The van der Waals surface area contributed by atoms with Crippen LogP contribution in [0.25, 0.3) is 0 Å². The molecule has 0 atom stereocenters. The molecule has 2 aromatic rings. The van der Waals surface area contributed by atoms with Crippen molar-refractivity contribution in [3.05, 3.63) is 63.9 Å². The predicted octanol–water partition coefficient (Wildman–Crippen LogP) is 3.25. The molecule has 0 amide bonds. The van der Waals surface area contributed by atoms with E-state index in [0.29, 0.717) is 43.1 Å². The van der Waals surface area contributed by atoms with Crippen LogP contribution >= 0.6 is 15.9 Å². The van der Waals surface area contributed by atoms with Crippen LogP contribution in [-0.2, 0) is 11.3 Å². The van der Waals surface area contributed by atoms with E-state index in [9.17, 15) is 14.3 Å². The molecule has 0 saturated heterocycles. The Morgan fingerprint density at radius 1 is 1.23 bits per heavy atom. The number of benzene rings is 2. The van der Waals surface area contributed by atoms with Gasteiger partial charge in [0.15, 0.2) is 0 Å². The number of esters is 1. The van der Waals surface area contributed by atoms with Crippen molar-refractivity contribution in [1.29, 1.82) is 0 Å². The number of rotatable bonds is 9. The van der Waals surface area contributed by atoms with Crippen molar-refractivity contribution in [2.45, 2.75) is 6.54 Å². The zero-order valence-corrected chi connectivity index (χ0v) is 16.0. The van der Waals surface area contributed by atoms with Gasteiger partial charge >= 0.3 is 5.97 Å². The van der Waals surface area contributed by atoms with Gasteiger partial charge in [0.2, 0.25) is 0 Å². The monoisotopic (exact) mass is 425 g/mol. The molecule has 0 spiro atoms. The van der Waals surface area contributed by atoms with Gasteiger partial charge < -0.3 is 14.6 Å². The molecule has 0 aliphatic rings. The topological polar surface area (TPSA) is 59.0 Å². The molecule has 0 aliphatic carbocycles. The second-order valence-electron chi connectivity index (χ2n) is 5.60. The Morgan fingerprint density at radius 3 is 2.77 bits per heavy atom. The Labute approximate surface area is 160 Å². The van der Waals surface area contributed by atoms with Crippen molar-refractivity contribution < 1.29 is 23.8 Å². The number of aliphatic hydroxyl groups excluding tert-OH is 1. The molecule has 0 radical (unpaired) electrons. The number of carbonyl (C=O) groups excluding carboxylic acids is 1. The van der Waals surface area contributed by atoms with Crippen LogP contribution in [0.1, 0.15) is 15.9 Å². The first-order valence-corrected chi connectivity index (χ1v) is 8.91. The molecule has 5 nitrogen and oxygen atoms in total. The van der Waals surface area contributed by atoms with E-state index in [2.05, 4.69) is 20.7 Å². The summed E-state index contributed by atoms with van der Waals surface area (Å²) in [6.45, 7) is 1.55. The van der Waals surface area contributed by atoms with Gasteiger partial charge in [-0.3, -0.25) is 4.90 Å². The van der Waals surface area contributed by atoms with Crippen molar-refractivity contribution in [2.75, 3.05) is 33.4 Å². The molecule has 0 saturated carbocycles. The van der Waals surface area contributed by atoms with Crippen LogP contribution in [0.4, 0.5) is 4.39 Å². The van der Waals surface area contributed by atoms with Crippen LogP contribution in [0, 0.1) is 5.82 Å². The summed E-state index contributed by atoms with van der Waals surface area (Å²) in [5, 5.41) is 9.24. The second-order valence-corrected chi connectivity index (χ2v) is 6.52. The average Bonchev–Trinajstić information content (AvgIpc) is 2.64. The third kappa shape index (κ3) is 6.09. The molecule has 2 rings (SSSR count).